The number of rotatable bonds is 4. The van der Waals surface area contributed by atoms with E-state index in [1.165, 1.54) is 6.26 Å². The molecule has 0 spiro atoms. The van der Waals surface area contributed by atoms with Crippen molar-refractivity contribution in [2.24, 2.45) is 0 Å². The van der Waals surface area contributed by atoms with Crippen LogP contribution in [0.25, 0.3) is 0 Å². The first-order chi connectivity index (χ1) is 8.56. The third kappa shape index (κ3) is 2.80. The molecule has 0 bridgehead atoms. The van der Waals surface area contributed by atoms with E-state index in [0.717, 1.165) is 11.4 Å². The molecular formula is C13H17N3O2. The van der Waals surface area contributed by atoms with Gasteiger partial charge in [-0.3, -0.25) is 9.48 Å². The molecule has 1 N–H and O–H groups in total. The van der Waals surface area contributed by atoms with Crippen LogP contribution in [0.5, 0.6) is 0 Å². The summed E-state index contributed by atoms with van der Waals surface area (Å²) in [6, 6.07) is 5.34. The van der Waals surface area contributed by atoms with Crippen LogP contribution < -0.4 is 5.32 Å². The van der Waals surface area contributed by atoms with E-state index in [9.17, 15) is 4.79 Å². The molecule has 0 aromatic carbocycles. The Morgan fingerprint density at radius 3 is 2.89 bits per heavy atom. The predicted molar refractivity (Wildman–Crippen MR) is 67.3 cm³/mol. The molecule has 0 saturated carbocycles. The predicted octanol–water partition coefficient (Wildman–Crippen LogP) is 1.91. The molecule has 0 fully saturated rings. The van der Waals surface area contributed by atoms with Crippen LogP contribution in [0.1, 0.15) is 28.9 Å². The number of furan rings is 1. The van der Waals surface area contributed by atoms with Crippen LogP contribution in [0.4, 0.5) is 0 Å². The average molecular weight is 247 g/mol. The molecular weight excluding hydrogens is 230 g/mol. The maximum atomic E-state index is 11.8. The highest BCUT2D eigenvalue weighted by Crippen LogP contribution is 2.04. The number of carbonyl (C=O) groups is 1. The summed E-state index contributed by atoms with van der Waals surface area (Å²) in [5.74, 6) is 0.129. The first kappa shape index (κ1) is 12.4. The van der Waals surface area contributed by atoms with Gasteiger partial charge in [-0.2, -0.15) is 5.10 Å². The minimum absolute atomic E-state index is 0.0133. The van der Waals surface area contributed by atoms with Gasteiger partial charge in [-0.05, 0) is 39.0 Å². The van der Waals surface area contributed by atoms with Crippen LogP contribution in [0.15, 0.2) is 28.9 Å². The van der Waals surface area contributed by atoms with Crippen molar-refractivity contribution in [2.45, 2.75) is 33.4 Å². The van der Waals surface area contributed by atoms with Crippen LogP contribution >= 0.6 is 0 Å². The summed E-state index contributed by atoms with van der Waals surface area (Å²) in [5.41, 5.74) is 2.07. The van der Waals surface area contributed by atoms with Gasteiger partial charge in [0.1, 0.15) is 0 Å². The second kappa shape index (κ2) is 5.08. The third-order valence-corrected chi connectivity index (χ3v) is 2.67. The Hall–Kier alpha value is -2.04. The molecule has 5 nitrogen and oxygen atoms in total. The van der Waals surface area contributed by atoms with Crippen molar-refractivity contribution in [1.82, 2.24) is 15.1 Å². The van der Waals surface area contributed by atoms with Gasteiger partial charge in [-0.25, -0.2) is 0 Å². The minimum Gasteiger partial charge on any atom is -0.459 e. The molecule has 0 unspecified atom stereocenters. The maximum absolute atomic E-state index is 11.8. The Bertz CT molecular complexity index is 528. The minimum atomic E-state index is -0.200. The molecule has 96 valence electrons. The fourth-order valence-corrected chi connectivity index (χ4v) is 1.87. The highest BCUT2D eigenvalue weighted by Gasteiger charge is 2.13. The van der Waals surface area contributed by atoms with Crippen LogP contribution in [0.2, 0.25) is 0 Å². The van der Waals surface area contributed by atoms with Crippen molar-refractivity contribution >= 4 is 5.91 Å². The molecule has 0 aliphatic rings. The van der Waals surface area contributed by atoms with Gasteiger partial charge >= 0.3 is 0 Å². The van der Waals surface area contributed by atoms with Crippen molar-refractivity contribution in [3.63, 3.8) is 0 Å². The third-order valence-electron chi connectivity index (χ3n) is 2.67. The van der Waals surface area contributed by atoms with Crippen LogP contribution in [0.3, 0.4) is 0 Å². The first-order valence-corrected chi connectivity index (χ1v) is 5.91. The van der Waals surface area contributed by atoms with Crippen molar-refractivity contribution in [3.05, 3.63) is 41.6 Å². The van der Waals surface area contributed by atoms with E-state index < -0.39 is 0 Å². The van der Waals surface area contributed by atoms with Crippen molar-refractivity contribution < 1.29 is 9.21 Å². The SMILES string of the molecule is Cc1cc(C)n(C[C@@H](C)NC(=O)c2ccco2)n1. The van der Waals surface area contributed by atoms with Crippen LogP contribution in [-0.2, 0) is 6.54 Å². The normalized spacial score (nSPS) is 12.4. The van der Waals surface area contributed by atoms with Crippen LogP contribution in [0, 0.1) is 13.8 Å². The van der Waals surface area contributed by atoms with Gasteiger partial charge in [0.25, 0.3) is 5.91 Å². The molecule has 18 heavy (non-hydrogen) atoms. The number of aryl methyl sites for hydroxylation is 2. The summed E-state index contributed by atoms with van der Waals surface area (Å²) < 4.78 is 6.93. The summed E-state index contributed by atoms with van der Waals surface area (Å²) in [6.45, 7) is 6.54. The highest BCUT2D eigenvalue weighted by molar-refractivity contribution is 5.91. The van der Waals surface area contributed by atoms with E-state index in [4.69, 9.17) is 4.42 Å². The summed E-state index contributed by atoms with van der Waals surface area (Å²) in [6.07, 6.45) is 1.49. The lowest BCUT2D eigenvalue weighted by Gasteiger charge is -2.14. The molecule has 2 aromatic heterocycles. The molecule has 2 heterocycles. The molecule has 2 rings (SSSR count). The van der Waals surface area contributed by atoms with Gasteiger partial charge < -0.3 is 9.73 Å². The molecule has 0 radical (unpaired) electrons. The summed E-state index contributed by atoms with van der Waals surface area (Å²) in [5, 5.41) is 7.24. The zero-order chi connectivity index (χ0) is 13.1. The fourth-order valence-electron chi connectivity index (χ4n) is 1.87. The number of nitrogens with zero attached hydrogens (tertiary/aromatic N) is 2. The van der Waals surface area contributed by atoms with Crippen molar-refractivity contribution in [3.8, 4) is 0 Å². The fraction of sp³-hybridized carbons (Fsp3) is 0.385. The quantitative estimate of drug-likeness (QED) is 0.897. The molecule has 1 amide bonds. The van der Waals surface area contributed by atoms with Gasteiger partial charge in [0.05, 0.1) is 18.5 Å². The molecule has 0 aliphatic carbocycles. The Balaban J connectivity index is 1.95. The topological polar surface area (TPSA) is 60.1 Å². The van der Waals surface area contributed by atoms with E-state index in [2.05, 4.69) is 10.4 Å². The van der Waals surface area contributed by atoms with Gasteiger partial charge in [0, 0.05) is 11.7 Å². The number of nitrogens with one attached hydrogen (secondary N) is 1. The summed E-state index contributed by atoms with van der Waals surface area (Å²) in [7, 11) is 0. The largest absolute Gasteiger partial charge is 0.459 e. The number of hydrogen-bond donors (Lipinski definition) is 1. The number of hydrogen-bond acceptors (Lipinski definition) is 3. The Kier molecular flexibility index (Phi) is 3.50. The van der Waals surface area contributed by atoms with E-state index in [1.807, 2.05) is 31.5 Å². The van der Waals surface area contributed by atoms with E-state index in [0.29, 0.717) is 12.3 Å². The second-order valence-corrected chi connectivity index (χ2v) is 4.46. The molecule has 2 aromatic rings. The Labute approximate surface area is 106 Å². The smallest absolute Gasteiger partial charge is 0.287 e. The molecule has 0 aliphatic heterocycles. The van der Waals surface area contributed by atoms with Crippen molar-refractivity contribution in [1.29, 1.82) is 0 Å². The number of aromatic nitrogens is 2. The molecule has 0 saturated heterocycles. The van der Waals surface area contributed by atoms with Gasteiger partial charge in [-0.1, -0.05) is 0 Å². The van der Waals surface area contributed by atoms with Crippen molar-refractivity contribution in [2.75, 3.05) is 0 Å². The Morgan fingerprint density at radius 1 is 1.56 bits per heavy atom. The summed E-state index contributed by atoms with van der Waals surface area (Å²) >= 11 is 0. The zero-order valence-corrected chi connectivity index (χ0v) is 10.8. The lowest BCUT2D eigenvalue weighted by atomic mass is 10.3. The molecule has 1 atom stereocenters. The highest BCUT2D eigenvalue weighted by atomic mass is 16.3. The van der Waals surface area contributed by atoms with Gasteiger partial charge in [0.15, 0.2) is 5.76 Å². The Morgan fingerprint density at radius 2 is 2.33 bits per heavy atom. The maximum Gasteiger partial charge on any atom is 0.287 e. The second-order valence-electron chi connectivity index (χ2n) is 4.46. The van der Waals surface area contributed by atoms with Gasteiger partial charge in [-0.15, -0.1) is 0 Å². The monoisotopic (exact) mass is 247 g/mol. The zero-order valence-electron chi connectivity index (χ0n) is 10.8. The lowest BCUT2D eigenvalue weighted by Crippen LogP contribution is -2.36. The van der Waals surface area contributed by atoms with E-state index in [1.54, 1.807) is 12.1 Å². The first-order valence-electron chi connectivity index (χ1n) is 5.91. The number of amides is 1. The van der Waals surface area contributed by atoms with Gasteiger partial charge in [0.2, 0.25) is 0 Å². The van der Waals surface area contributed by atoms with Crippen LogP contribution in [-0.4, -0.2) is 21.7 Å². The summed E-state index contributed by atoms with van der Waals surface area (Å²) in [4.78, 5) is 11.8. The van der Waals surface area contributed by atoms with E-state index >= 15 is 0 Å². The lowest BCUT2D eigenvalue weighted by molar-refractivity contribution is 0.0908. The van der Waals surface area contributed by atoms with E-state index in [-0.39, 0.29) is 11.9 Å². The number of carbonyl (C=O) groups excluding carboxylic acids is 1. The molecule has 5 heteroatoms. The average Bonchev–Trinajstić information content (AvgIpc) is 2.89. The standard InChI is InChI=1S/C13H17N3O2/c1-9-7-11(3)16(15-9)8-10(2)14-13(17)12-5-4-6-18-12/h4-7,10H,8H2,1-3H3,(H,14,17)/t10-/m1/s1.